The van der Waals surface area contributed by atoms with Crippen molar-refractivity contribution in [2.75, 3.05) is 4.72 Å². The Kier molecular flexibility index (Phi) is 3.96. The van der Waals surface area contributed by atoms with Crippen molar-refractivity contribution in [3.63, 3.8) is 0 Å². The molecular formula is C13H10ClF2NO2S. The summed E-state index contributed by atoms with van der Waals surface area (Å²) >= 11 is 5.79. The highest BCUT2D eigenvalue weighted by molar-refractivity contribution is 7.92. The normalized spacial score (nSPS) is 11.4. The third-order valence-corrected chi connectivity index (χ3v) is 4.27. The number of aryl methyl sites for hydroxylation is 1. The van der Waals surface area contributed by atoms with Crippen molar-refractivity contribution >= 4 is 27.3 Å². The van der Waals surface area contributed by atoms with Gasteiger partial charge in [-0.3, -0.25) is 4.72 Å². The van der Waals surface area contributed by atoms with Crippen molar-refractivity contribution in [1.82, 2.24) is 0 Å². The lowest BCUT2D eigenvalue weighted by Gasteiger charge is -2.11. The first kappa shape index (κ1) is 14.7. The zero-order valence-electron chi connectivity index (χ0n) is 10.3. The van der Waals surface area contributed by atoms with Crippen LogP contribution in [-0.2, 0) is 10.0 Å². The molecule has 2 aromatic rings. The largest absolute Gasteiger partial charge is 0.278 e. The predicted octanol–water partition coefficient (Wildman–Crippen LogP) is 3.73. The maximum atomic E-state index is 13.3. The van der Waals surface area contributed by atoms with Crippen molar-refractivity contribution in [3.05, 3.63) is 58.6 Å². The van der Waals surface area contributed by atoms with Crippen LogP contribution in [0.3, 0.4) is 0 Å². The summed E-state index contributed by atoms with van der Waals surface area (Å²) in [4.78, 5) is -0.240. The maximum Gasteiger partial charge on any atom is 0.262 e. The van der Waals surface area contributed by atoms with Gasteiger partial charge in [0.25, 0.3) is 10.0 Å². The standard InChI is InChI=1S/C13H10ClF2NO2S/c1-8-5-13(11(14)7-12(8)16)17-20(18,19)10-4-2-3-9(15)6-10/h2-7,17H,1H3. The highest BCUT2D eigenvalue weighted by atomic mass is 35.5. The van der Waals surface area contributed by atoms with Gasteiger partial charge in [0.15, 0.2) is 0 Å². The average molecular weight is 318 g/mol. The SMILES string of the molecule is Cc1cc(NS(=O)(=O)c2cccc(F)c2)c(Cl)cc1F. The zero-order valence-corrected chi connectivity index (χ0v) is 11.9. The summed E-state index contributed by atoms with van der Waals surface area (Å²) in [7, 11) is -3.98. The summed E-state index contributed by atoms with van der Waals surface area (Å²) < 4.78 is 52.7. The van der Waals surface area contributed by atoms with Gasteiger partial charge in [-0.25, -0.2) is 17.2 Å². The molecule has 0 aromatic heterocycles. The fraction of sp³-hybridized carbons (Fsp3) is 0.0769. The van der Waals surface area contributed by atoms with E-state index < -0.39 is 21.7 Å². The monoisotopic (exact) mass is 317 g/mol. The fourth-order valence-electron chi connectivity index (χ4n) is 1.57. The summed E-state index contributed by atoms with van der Waals surface area (Å²) in [6, 6.07) is 6.83. The fourth-order valence-corrected chi connectivity index (χ4v) is 2.93. The summed E-state index contributed by atoms with van der Waals surface area (Å²) in [5.41, 5.74) is 0.279. The summed E-state index contributed by atoms with van der Waals surface area (Å²) in [6.07, 6.45) is 0. The molecule has 0 fully saturated rings. The van der Waals surface area contributed by atoms with Gasteiger partial charge in [0.1, 0.15) is 11.6 Å². The van der Waals surface area contributed by atoms with Gasteiger partial charge < -0.3 is 0 Å². The Morgan fingerprint density at radius 1 is 1.15 bits per heavy atom. The molecule has 0 spiro atoms. The molecule has 0 saturated heterocycles. The van der Waals surface area contributed by atoms with E-state index in [4.69, 9.17) is 11.6 Å². The van der Waals surface area contributed by atoms with Gasteiger partial charge in [-0.15, -0.1) is 0 Å². The van der Waals surface area contributed by atoms with E-state index in [1.165, 1.54) is 25.1 Å². The minimum absolute atomic E-state index is 0.0369. The second kappa shape index (κ2) is 5.38. The molecule has 0 aliphatic heterocycles. The number of rotatable bonds is 3. The molecule has 0 saturated carbocycles. The van der Waals surface area contributed by atoms with Crippen LogP contribution in [0.1, 0.15) is 5.56 Å². The maximum absolute atomic E-state index is 13.3. The molecule has 0 heterocycles. The van der Waals surface area contributed by atoms with Crippen molar-refractivity contribution < 1.29 is 17.2 Å². The first-order valence-corrected chi connectivity index (χ1v) is 7.40. The van der Waals surface area contributed by atoms with E-state index in [2.05, 4.69) is 4.72 Å². The van der Waals surface area contributed by atoms with Gasteiger partial charge in [-0.05, 0) is 42.8 Å². The first-order chi connectivity index (χ1) is 9.29. The lowest BCUT2D eigenvalue weighted by atomic mass is 10.2. The summed E-state index contributed by atoms with van der Waals surface area (Å²) in [5.74, 6) is -1.21. The third kappa shape index (κ3) is 3.08. The van der Waals surface area contributed by atoms with Crippen molar-refractivity contribution in [2.45, 2.75) is 11.8 Å². The Bertz CT molecular complexity index is 763. The molecule has 0 unspecified atom stereocenters. The molecule has 1 N–H and O–H groups in total. The van der Waals surface area contributed by atoms with E-state index in [0.717, 1.165) is 18.2 Å². The highest BCUT2D eigenvalue weighted by Crippen LogP contribution is 2.27. The van der Waals surface area contributed by atoms with Crippen LogP contribution in [0.5, 0.6) is 0 Å². The Balaban J connectivity index is 2.41. The van der Waals surface area contributed by atoms with E-state index in [0.29, 0.717) is 0 Å². The van der Waals surface area contributed by atoms with Crippen LogP contribution in [0.2, 0.25) is 5.02 Å². The quantitative estimate of drug-likeness (QED) is 0.937. The van der Waals surface area contributed by atoms with Crippen LogP contribution >= 0.6 is 11.6 Å². The molecule has 106 valence electrons. The molecule has 0 aliphatic carbocycles. The van der Waals surface area contributed by atoms with E-state index in [1.807, 2.05) is 0 Å². The Labute approximate surface area is 120 Å². The lowest BCUT2D eigenvalue weighted by molar-refractivity contribution is 0.595. The topological polar surface area (TPSA) is 46.2 Å². The highest BCUT2D eigenvalue weighted by Gasteiger charge is 2.17. The Morgan fingerprint density at radius 2 is 1.85 bits per heavy atom. The average Bonchev–Trinajstić information content (AvgIpc) is 2.36. The number of hydrogen-bond acceptors (Lipinski definition) is 2. The van der Waals surface area contributed by atoms with E-state index in [1.54, 1.807) is 0 Å². The van der Waals surface area contributed by atoms with Gasteiger partial charge in [0, 0.05) is 0 Å². The number of benzene rings is 2. The van der Waals surface area contributed by atoms with E-state index in [9.17, 15) is 17.2 Å². The van der Waals surface area contributed by atoms with Crippen LogP contribution in [0.25, 0.3) is 0 Å². The number of halogens is 3. The third-order valence-electron chi connectivity index (χ3n) is 2.60. The number of hydrogen-bond donors (Lipinski definition) is 1. The van der Waals surface area contributed by atoms with E-state index in [-0.39, 0.29) is 21.2 Å². The smallest absolute Gasteiger partial charge is 0.262 e. The predicted molar refractivity (Wildman–Crippen MR) is 73.4 cm³/mol. The van der Waals surface area contributed by atoms with Crippen molar-refractivity contribution in [3.8, 4) is 0 Å². The molecule has 0 radical (unpaired) electrons. The minimum atomic E-state index is -3.98. The molecule has 3 nitrogen and oxygen atoms in total. The summed E-state index contributed by atoms with van der Waals surface area (Å²) in [6.45, 7) is 1.48. The zero-order chi connectivity index (χ0) is 14.9. The molecule has 0 atom stereocenters. The molecule has 0 bridgehead atoms. The lowest BCUT2D eigenvalue weighted by Crippen LogP contribution is -2.13. The molecule has 0 aliphatic rings. The van der Waals surface area contributed by atoms with Gasteiger partial charge >= 0.3 is 0 Å². The van der Waals surface area contributed by atoms with Gasteiger partial charge in [0.05, 0.1) is 15.6 Å². The van der Waals surface area contributed by atoms with Crippen LogP contribution in [-0.4, -0.2) is 8.42 Å². The number of sulfonamides is 1. The first-order valence-electron chi connectivity index (χ1n) is 5.53. The van der Waals surface area contributed by atoms with Gasteiger partial charge in [0.2, 0.25) is 0 Å². The summed E-state index contributed by atoms with van der Waals surface area (Å²) in [5, 5.41) is -0.0759. The molecule has 2 rings (SSSR count). The van der Waals surface area contributed by atoms with Crippen LogP contribution in [0.15, 0.2) is 41.3 Å². The van der Waals surface area contributed by atoms with Crippen molar-refractivity contribution in [1.29, 1.82) is 0 Å². The van der Waals surface area contributed by atoms with E-state index >= 15 is 0 Å². The van der Waals surface area contributed by atoms with Gasteiger partial charge in [-0.2, -0.15) is 0 Å². The Hall–Kier alpha value is -1.66. The molecular weight excluding hydrogens is 308 g/mol. The van der Waals surface area contributed by atoms with Crippen molar-refractivity contribution in [2.24, 2.45) is 0 Å². The molecule has 20 heavy (non-hydrogen) atoms. The van der Waals surface area contributed by atoms with Crippen LogP contribution in [0.4, 0.5) is 14.5 Å². The minimum Gasteiger partial charge on any atom is -0.278 e. The number of anilines is 1. The molecule has 0 amide bonds. The van der Waals surface area contributed by atoms with Crippen LogP contribution in [0, 0.1) is 18.6 Å². The molecule has 2 aromatic carbocycles. The second-order valence-corrected chi connectivity index (χ2v) is 6.23. The second-order valence-electron chi connectivity index (χ2n) is 4.14. The number of nitrogens with one attached hydrogen (secondary N) is 1. The van der Waals surface area contributed by atoms with Crippen LogP contribution < -0.4 is 4.72 Å². The Morgan fingerprint density at radius 3 is 2.50 bits per heavy atom. The molecule has 7 heteroatoms. The van der Waals surface area contributed by atoms with Gasteiger partial charge in [-0.1, -0.05) is 17.7 Å².